The molecule has 3 rings (SSSR count). The highest BCUT2D eigenvalue weighted by atomic mass is 16.3. The van der Waals surface area contributed by atoms with E-state index in [9.17, 15) is 5.11 Å². The van der Waals surface area contributed by atoms with Crippen LogP contribution in [-0.2, 0) is 6.54 Å². The van der Waals surface area contributed by atoms with Crippen molar-refractivity contribution in [3.05, 3.63) is 47.7 Å². The highest BCUT2D eigenvalue weighted by molar-refractivity contribution is 5.45. The predicted octanol–water partition coefficient (Wildman–Crippen LogP) is 1.90. The van der Waals surface area contributed by atoms with Crippen molar-refractivity contribution in [2.75, 3.05) is 43.5 Å². The molecule has 1 aliphatic rings. The number of aliphatic hydroxyl groups excluding tert-OH is 1. The minimum atomic E-state index is 0.203. The van der Waals surface area contributed by atoms with Crippen LogP contribution in [0.25, 0.3) is 0 Å². The van der Waals surface area contributed by atoms with Gasteiger partial charge in [0.15, 0.2) is 0 Å². The van der Waals surface area contributed by atoms with Crippen LogP contribution in [0.2, 0.25) is 0 Å². The second-order valence-electron chi connectivity index (χ2n) is 6.51. The van der Waals surface area contributed by atoms with Crippen LogP contribution in [0.3, 0.4) is 0 Å². The van der Waals surface area contributed by atoms with Crippen LogP contribution in [0.15, 0.2) is 36.4 Å². The molecule has 1 fully saturated rings. The van der Waals surface area contributed by atoms with Gasteiger partial charge in [-0.25, -0.2) is 4.98 Å². The maximum Gasteiger partial charge on any atom is 0.224 e. The first-order valence-electron chi connectivity index (χ1n) is 8.87. The second-order valence-corrected chi connectivity index (χ2v) is 6.51. The molecule has 2 N–H and O–H groups in total. The summed E-state index contributed by atoms with van der Waals surface area (Å²) in [5.41, 5.74) is 2.27. The minimum absolute atomic E-state index is 0.203. The monoisotopic (exact) mass is 341 g/mol. The van der Waals surface area contributed by atoms with Gasteiger partial charge in [0.2, 0.25) is 5.95 Å². The fourth-order valence-electron chi connectivity index (χ4n) is 3.38. The number of benzene rings is 1. The number of piperazine rings is 1. The molecule has 6 heteroatoms. The molecule has 134 valence electrons. The van der Waals surface area contributed by atoms with Gasteiger partial charge < -0.3 is 15.3 Å². The lowest BCUT2D eigenvalue weighted by molar-refractivity contribution is 0.135. The Labute approximate surface area is 149 Å². The lowest BCUT2D eigenvalue weighted by atomic mass is 10.1. The van der Waals surface area contributed by atoms with Crippen LogP contribution in [-0.4, -0.2) is 59.3 Å². The van der Waals surface area contributed by atoms with Gasteiger partial charge in [-0.15, -0.1) is 0 Å². The van der Waals surface area contributed by atoms with Crippen LogP contribution in [0.4, 0.5) is 11.8 Å². The summed E-state index contributed by atoms with van der Waals surface area (Å²) in [6.45, 7) is 5.86. The van der Waals surface area contributed by atoms with Crippen molar-refractivity contribution in [2.45, 2.75) is 25.9 Å². The first-order valence-corrected chi connectivity index (χ1v) is 8.87. The second kappa shape index (κ2) is 8.27. The van der Waals surface area contributed by atoms with Gasteiger partial charge in [0, 0.05) is 57.6 Å². The molecular weight excluding hydrogens is 314 g/mol. The van der Waals surface area contributed by atoms with E-state index < -0.39 is 0 Å². The van der Waals surface area contributed by atoms with E-state index in [4.69, 9.17) is 0 Å². The summed E-state index contributed by atoms with van der Waals surface area (Å²) in [5, 5.41) is 12.5. The van der Waals surface area contributed by atoms with E-state index >= 15 is 0 Å². The third-order valence-electron chi connectivity index (χ3n) is 4.68. The molecule has 6 nitrogen and oxygen atoms in total. The molecule has 0 unspecified atom stereocenters. The predicted molar refractivity (Wildman–Crippen MR) is 101 cm³/mol. The smallest absolute Gasteiger partial charge is 0.224 e. The number of nitrogens with zero attached hydrogens (tertiary/aromatic N) is 4. The van der Waals surface area contributed by atoms with Crippen LogP contribution >= 0.6 is 0 Å². The van der Waals surface area contributed by atoms with Crippen molar-refractivity contribution in [3.8, 4) is 0 Å². The summed E-state index contributed by atoms with van der Waals surface area (Å²) < 4.78 is 0. The Balaban J connectivity index is 1.73. The normalized spacial score (nSPS) is 18.4. The van der Waals surface area contributed by atoms with Gasteiger partial charge in [0.1, 0.15) is 5.82 Å². The summed E-state index contributed by atoms with van der Waals surface area (Å²) in [4.78, 5) is 13.7. The molecule has 0 aliphatic carbocycles. The molecule has 0 spiro atoms. The van der Waals surface area contributed by atoms with Gasteiger partial charge in [0.25, 0.3) is 0 Å². The number of hydrogen-bond acceptors (Lipinski definition) is 6. The Kier molecular flexibility index (Phi) is 5.83. The van der Waals surface area contributed by atoms with Crippen molar-refractivity contribution in [3.63, 3.8) is 0 Å². The van der Waals surface area contributed by atoms with E-state index in [1.807, 2.05) is 26.1 Å². The van der Waals surface area contributed by atoms with E-state index in [-0.39, 0.29) is 6.61 Å². The highest BCUT2D eigenvalue weighted by Gasteiger charge is 2.27. The topological polar surface area (TPSA) is 64.5 Å². The number of aliphatic hydroxyl groups is 1. The fourth-order valence-corrected chi connectivity index (χ4v) is 3.38. The first-order chi connectivity index (χ1) is 12.2. The maximum atomic E-state index is 9.50. The molecule has 1 aliphatic heterocycles. The Hall–Kier alpha value is -2.18. The van der Waals surface area contributed by atoms with Crippen molar-refractivity contribution in [1.29, 1.82) is 0 Å². The maximum absolute atomic E-state index is 9.50. The molecule has 2 heterocycles. The van der Waals surface area contributed by atoms with Gasteiger partial charge in [-0.3, -0.25) is 4.90 Å². The largest absolute Gasteiger partial charge is 0.396 e. The Morgan fingerprint density at radius 3 is 2.72 bits per heavy atom. The van der Waals surface area contributed by atoms with Crippen LogP contribution in [0.1, 0.15) is 17.7 Å². The lowest BCUT2D eigenvalue weighted by Crippen LogP contribution is -2.53. The van der Waals surface area contributed by atoms with Gasteiger partial charge in [-0.1, -0.05) is 30.3 Å². The quantitative estimate of drug-likeness (QED) is 0.837. The van der Waals surface area contributed by atoms with Crippen molar-refractivity contribution < 1.29 is 5.11 Å². The van der Waals surface area contributed by atoms with Crippen molar-refractivity contribution in [2.24, 2.45) is 0 Å². The molecule has 1 aromatic carbocycles. The van der Waals surface area contributed by atoms with E-state index in [2.05, 4.69) is 49.4 Å². The zero-order valence-electron chi connectivity index (χ0n) is 15.0. The Morgan fingerprint density at radius 1 is 1.20 bits per heavy atom. The number of rotatable bonds is 6. The van der Waals surface area contributed by atoms with E-state index in [0.29, 0.717) is 12.0 Å². The summed E-state index contributed by atoms with van der Waals surface area (Å²) in [6.07, 6.45) is 0.770. The van der Waals surface area contributed by atoms with Gasteiger partial charge >= 0.3 is 0 Å². The lowest BCUT2D eigenvalue weighted by Gasteiger charge is -2.42. The SMILES string of the molecule is CNc1nc(C)cc(N2CCN(Cc3ccccc3)[C@H](CCO)C2)n1. The minimum Gasteiger partial charge on any atom is -0.396 e. The summed E-state index contributed by atoms with van der Waals surface area (Å²) in [5.74, 6) is 1.61. The summed E-state index contributed by atoms with van der Waals surface area (Å²) in [7, 11) is 1.84. The Morgan fingerprint density at radius 2 is 2.00 bits per heavy atom. The van der Waals surface area contributed by atoms with Crippen LogP contribution in [0.5, 0.6) is 0 Å². The average molecular weight is 341 g/mol. The molecule has 25 heavy (non-hydrogen) atoms. The molecule has 1 saturated heterocycles. The van der Waals surface area contributed by atoms with Crippen LogP contribution < -0.4 is 10.2 Å². The van der Waals surface area contributed by atoms with Gasteiger partial charge in [0.05, 0.1) is 0 Å². The number of nitrogens with one attached hydrogen (secondary N) is 1. The molecular formula is C19H27N5O. The van der Waals surface area contributed by atoms with Crippen molar-refractivity contribution in [1.82, 2.24) is 14.9 Å². The van der Waals surface area contributed by atoms with Gasteiger partial charge in [-0.2, -0.15) is 4.98 Å². The summed E-state index contributed by atoms with van der Waals surface area (Å²) in [6, 6.07) is 12.9. The van der Waals surface area contributed by atoms with E-state index in [0.717, 1.165) is 44.1 Å². The Bertz CT molecular complexity index is 679. The van der Waals surface area contributed by atoms with Crippen molar-refractivity contribution >= 4 is 11.8 Å². The number of anilines is 2. The first kappa shape index (κ1) is 17.6. The number of aryl methyl sites for hydroxylation is 1. The van der Waals surface area contributed by atoms with E-state index in [1.165, 1.54) is 5.56 Å². The fraction of sp³-hybridized carbons (Fsp3) is 0.474. The molecule has 1 atom stereocenters. The van der Waals surface area contributed by atoms with E-state index in [1.54, 1.807) is 0 Å². The average Bonchev–Trinajstić information content (AvgIpc) is 2.63. The number of aromatic nitrogens is 2. The van der Waals surface area contributed by atoms with Crippen LogP contribution in [0, 0.1) is 6.92 Å². The van der Waals surface area contributed by atoms with Gasteiger partial charge in [-0.05, 0) is 18.9 Å². The zero-order valence-corrected chi connectivity index (χ0v) is 15.0. The third kappa shape index (κ3) is 4.46. The summed E-state index contributed by atoms with van der Waals surface area (Å²) >= 11 is 0. The molecule has 0 bridgehead atoms. The number of hydrogen-bond donors (Lipinski definition) is 2. The molecule has 1 aromatic heterocycles. The molecule has 2 aromatic rings. The molecule has 0 radical (unpaired) electrons. The molecule has 0 saturated carbocycles. The standard InChI is InChI=1S/C19H27N5O/c1-15-12-18(22-19(20-2)21-15)24-10-9-23(17(14-24)8-11-25)13-16-6-4-3-5-7-16/h3-7,12,17,25H,8-11,13-14H2,1-2H3,(H,20,21,22)/t17-/m1/s1. The third-order valence-corrected chi connectivity index (χ3v) is 4.68. The zero-order chi connectivity index (χ0) is 17.6. The molecule has 0 amide bonds. The highest BCUT2D eigenvalue weighted by Crippen LogP contribution is 2.22.